The minimum Gasteiger partial charge on any atom is -0.493 e. The molecule has 0 aliphatic carbocycles. The molecule has 0 fully saturated rings. The maximum absolute atomic E-state index is 10.8. The first-order chi connectivity index (χ1) is 8.69. The third kappa shape index (κ3) is 4.14. The minimum absolute atomic E-state index is 0.126. The molecule has 0 saturated heterocycles. The molecular formula is C12H15NO5. The van der Waals surface area contributed by atoms with Crippen LogP contribution in [-0.4, -0.2) is 31.0 Å². The van der Waals surface area contributed by atoms with Gasteiger partial charge in [-0.25, -0.2) is 0 Å². The van der Waals surface area contributed by atoms with Gasteiger partial charge in [-0.1, -0.05) is 0 Å². The highest BCUT2D eigenvalue weighted by molar-refractivity contribution is 5.80. The van der Waals surface area contributed by atoms with Gasteiger partial charge in [-0.3, -0.25) is 14.9 Å². The first-order valence-electron chi connectivity index (χ1n) is 5.63. The Balaban J connectivity index is 2.60. The van der Waals surface area contributed by atoms with Crippen LogP contribution in [-0.2, 0) is 4.74 Å². The van der Waals surface area contributed by atoms with Crippen LogP contribution < -0.4 is 4.74 Å². The zero-order chi connectivity index (χ0) is 13.4. The Morgan fingerprint density at radius 3 is 2.78 bits per heavy atom. The van der Waals surface area contributed by atoms with Crippen LogP contribution in [0.2, 0.25) is 0 Å². The SMILES string of the molecule is CCOCCCOc1ccc([N+](=O)[O-])cc1C=O. The van der Waals surface area contributed by atoms with Crippen molar-refractivity contribution in [3.63, 3.8) is 0 Å². The van der Waals surface area contributed by atoms with E-state index in [9.17, 15) is 14.9 Å². The summed E-state index contributed by atoms with van der Waals surface area (Å²) in [5.41, 5.74) is 0.0550. The smallest absolute Gasteiger partial charge is 0.270 e. The number of non-ortho nitro benzene ring substituents is 1. The molecule has 1 aromatic carbocycles. The Bertz CT molecular complexity index is 419. The number of nitro benzene ring substituents is 1. The molecule has 0 unspecified atom stereocenters. The Morgan fingerprint density at radius 2 is 2.17 bits per heavy atom. The van der Waals surface area contributed by atoms with Crippen molar-refractivity contribution in [3.8, 4) is 5.75 Å². The van der Waals surface area contributed by atoms with E-state index >= 15 is 0 Å². The molecule has 1 rings (SSSR count). The second-order valence-corrected chi connectivity index (χ2v) is 3.50. The predicted molar refractivity (Wildman–Crippen MR) is 65.1 cm³/mol. The summed E-state index contributed by atoms with van der Waals surface area (Å²) in [7, 11) is 0. The third-order valence-electron chi connectivity index (χ3n) is 2.23. The number of hydrogen-bond donors (Lipinski definition) is 0. The zero-order valence-corrected chi connectivity index (χ0v) is 10.1. The average Bonchev–Trinajstić information content (AvgIpc) is 2.38. The maximum atomic E-state index is 10.8. The van der Waals surface area contributed by atoms with Gasteiger partial charge in [0.05, 0.1) is 17.1 Å². The molecule has 1 aromatic rings. The van der Waals surface area contributed by atoms with Crippen molar-refractivity contribution in [2.75, 3.05) is 19.8 Å². The number of benzene rings is 1. The number of carbonyl (C=O) groups is 1. The highest BCUT2D eigenvalue weighted by Crippen LogP contribution is 2.22. The molecule has 0 atom stereocenters. The molecule has 0 heterocycles. The van der Waals surface area contributed by atoms with Gasteiger partial charge in [-0.05, 0) is 13.0 Å². The molecule has 0 saturated carbocycles. The largest absolute Gasteiger partial charge is 0.493 e. The van der Waals surface area contributed by atoms with Crippen LogP contribution >= 0.6 is 0 Å². The molecule has 0 aliphatic heterocycles. The Labute approximate surface area is 105 Å². The van der Waals surface area contributed by atoms with E-state index in [-0.39, 0.29) is 11.3 Å². The van der Waals surface area contributed by atoms with E-state index in [1.54, 1.807) is 0 Å². The molecular weight excluding hydrogens is 238 g/mol. The topological polar surface area (TPSA) is 78.7 Å². The van der Waals surface area contributed by atoms with Crippen LogP contribution in [0.15, 0.2) is 18.2 Å². The summed E-state index contributed by atoms with van der Waals surface area (Å²) in [6.07, 6.45) is 1.24. The van der Waals surface area contributed by atoms with Crippen LogP contribution in [0, 0.1) is 10.1 Å². The maximum Gasteiger partial charge on any atom is 0.270 e. The number of rotatable bonds is 8. The average molecular weight is 253 g/mol. The van der Waals surface area contributed by atoms with Crippen molar-refractivity contribution >= 4 is 12.0 Å². The van der Waals surface area contributed by atoms with E-state index < -0.39 is 4.92 Å². The molecule has 6 heteroatoms. The summed E-state index contributed by atoms with van der Waals surface area (Å²) in [6.45, 7) is 3.54. The molecule has 0 bridgehead atoms. The Morgan fingerprint density at radius 1 is 1.39 bits per heavy atom. The normalized spacial score (nSPS) is 10.1. The summed E-state index contributed by atoms with van der Waals surface area (Å²) in [4.78, 5) is 20.8. The van der Waals surface area contributed by atoms with Crippen molar-refractivity contribution < 1.29 is 19.2 Å². The molecule has 0 aliphatic rings. The molecule has 0 amide bonds. The number of carbonyl (C=O) groups excluding carboxylic acids is 1. The van der Waals surface area contributed by atoms with Gasteiger partial charge in [0.1, 0.15) is 5.75 Å². The molecule has 6 nitrogen and oxygen atoms in total. The highest BCUT2D eigenvalue weighted by Gasteiger charge is 2.10. The minimum atomic E-state index is -0.550. The Kier molecular flexibility index (Phi) is 5.79. The second-order valence-electron chi connectivity index (χ2n) is 3.50. The van der Waals surface area contributed by atoms with Crippen molar-refractivity contribution in [3.05, 3.63) is 33.9 Å². The first-order valence-corrected chi connectivity index (χ1v) is 5.63. The van der Waals surface area contributed by atoms with Crippen molar-refractivity contribution in [2.24, 2.45) is 0 Å². The summed E-state index contributed by atoms with van der Waals surface area (Å²) in [5, 5.41) is 10.5. The summed E-state index contributed by atoms with van der Waals surface area (Å²) in [5.74, 6) is 0.354. The summed E-state index contributed by atoms with van der Waals surface area (Å²) in [6, 6.07) is 3.94. The van der Waals surface area contributed by atoms with Crippen LogP contribution in [0.5, 0.6) is 5.75 Å². The van der Waals surface area contributed by atoms with Gasteiger partial charge in [0.2, 0.25) is 0 Å². The highest BCUT2D eigenvalue weighted by atomic mass is 16.6. The van der Waals surface area contributed by atoms with Gasteiger partial charge in [0.25, 0.3) is 5.69 Å². The van der Waals surface area contributed by atoms with E-state index in [4.69, 9.17) is 9.47 Å². The van der Waals surface area contributed by atoms with Crippen LogP contribution in [0.1, 0.15) is 23.7 Å². The number of ether oxygens (including phenoxy) is 2. The lowest BCUT2D eigenvalue weighted by Crippen LogP contribution is -2.04. The molecule has 0 radical (unpaired) electrons. The summed E-state index contributed by atoms with van der Waals surface area (Å²) >= 11 is 0. The first kappa shape index (κ1) is 14.1. The molecule has 98 valence electrons. The van der Waals surface area contributed by atoms with Crippen LogP contribution in [0.4, 0.5) is 5.69 Å². The number of aldehydes is 1. The van der Waals surface area contributed by atoms with Crippen LogP contribution in [0.25, 0.3) is 0 Å². The van der Waals surface area contributed by atoms with E-state index in [1.807, 2.05) is 6.92 Å². The fourth-order valence-corrected chi connectivity index (χ4v) is 1.36. The number of hydrogen-bond acceptors (Lipinski definition) is 5. The number of nitrogens with zero attached hydrogens (tertiary/aromatic N) is 1. The summed E-state index contributed by atoms with van der Waals surface area (Å²) < 4.78 is 10.5. The Hall–Kier alpha value is -1.95. The van der Waals surface area contributed by atoms with Crippen molar-refractivity contribution in [1.29, 1.82) is 0 Å². The lowest BCUT2D eigenvalue weighted by molar-refractivity contribution is -0.384. The molecule has 0 aromatic heterocycles. The molecule has 18 heavy (non-hydrogen) atoms. The fraction of sp³-hybridized carbons (Fsp3) is 0.417. The van der Waals surface area contributed by atoms with E-state index in [1.165, 1.54) is 18.2 Å². The molecule has 0 spiro atoms. The zero-order valence-electron chi connectivity index (χ0n) is 10.1. The van der Waals surface area contributed by atoms with Gasteiger partial charge in [-0.2, -0.15) is 0 Å². The van der Waals surface area contributed by atoms with Gasteiger partial charge in [0, 0.05) is 31.8 Å². The van der Waals surface area contributed by atoms with E-state index in [0.29, 0.717) is 38.3 Å². The predicted octanol–water partition coefficient (Wildman–Crippen LogP) is 2.21. The van der Waals surface area contributed by atoms with Gasteiger partial charge in [-0.15, -0.1) is 0 Å². The van der Waals surface area contributed by atoms with Crippen molar-refractivity contribution in [2.45, 2.75) is 13.3 Å². The van der Waals surface area contributed by atoms with Gasteiger partial charge < -0.3 is 9.47 Å². The lowest BCUT2D eigenvalue weighted by atomic mass is 10.2. The number of nitro groups is 1. The van der Waals surface area contributed by atoms with E-state index in [0.717, 1.165) is 0 Å². The van der Waals surface area contributed by atoms with Crippen LogP contribution in [0.3, 0.4) is 0 Å². The van der Waals surface area contributed by atoms with Gasteiger partial charge in [0.15, 0.2) is 6.29 Å². The lowest BCUT2D eigenvalue weighted by Gasteiger charge is -2.08. The monoisotopic (exact) mass is 253 g/mol. The third-order valence-corrected chi connectivity index (χ3v) is 2.23. The fourth-order valence-electron chi connectivity index (χ4n) is 1.36. The van der Waals surface area contributed by atoms with E-state index in [2.05, 4.69) is 0 Å². The second kappa shape index (κ2) is 7.39. The van der Waals surface area contributed by atoms with Crippen molar-refractivity contribution in [1.82, 2.24) is 0 Å². The standard InChI is InChI=1S/C12H15NO5/c1-2-17-6-3-7-18-12-5-4-11(13(15)16)8-10(12)9-14/h4-5,8-9H,2-3,6-7H2,1H3. The quantitative estimate of drug-likeness (QED) is 0.307. The van der Waals surface area contributed by atoms with Gasteiger partial charge >= 0.3 is 0 Å². The molecule has 0 N–H and O–H groups in total.